The van der Waals surface area contributed by atoms with E-state index in [0.29, 0.717) is 11.4 Å². The van der Waals surface area contributed by atoms with Gasteiger partial charge in [0.2, 0.25) is 5.82 Å². The molecule has 0 amide bonds. The number of aliphatic carboxylic acids is 1. The highest BCUT2D eigenvalue weighted by Gasteiger charge is 2.27. The van der Waals surface area contributed by atoms with Crippen LogP contribution in [0.2, 0.25) is 0 Å². The summed E-state index contributed by atoms with van der Waals surface area (Å²) in [5, 5.41) is 23.1. The van der Waals surface area contributed by atoms with E-state index in [1.807, 2.05) is 24.3 Å². The molecule has 0 aliphatic carbocycles. The summed E-state index contributed by atoms with van der Waals surface area (Å²) in [5.74, 6) is -0.804. The van der Waals surface area contributed by atoms with Crippen molar-refractivity contribution >= 4 is 16.9 Å². The Morgan fingerprint density at radius 2 is 2.10 bits per heavy atom. The number of benzene rings is 2. The van der Waals surface area contributed by atoms with Crippen molar-refractivity contribution in [2.75, 3.05) is 0 Å². The number of hydrogen-bond donors (Lipinski definition) is 1. The molecule has 7 nitrogen and oxygen atoms in total. The molecule has 1 N–H and O–H groups in total. The molecular weight excluding hydrogens is 387 g/mol. The third-order valence-corrected chi connectivity index (χ3v) is 5.49. The quantitative estimate of drug-likeness (QED) is 0.545. The molecule has 0 bridgehead atoms. The van der Waals surface area contributed by atoms with Gasteiger partial charge in [-0.1, -0.05) is 5.16 Å². The van der Waals surface area contributed by atoms with E-state index in [2.05, 4.69) is 14.7 Å². The molecule has 0 spiro atoms. The molecule has 4 aromatic rings. The first-order valence-electron chi connectivity index (χ1n) is 9.42. The molecule has 1 aliphatic rings. The zero-order valence-electron chi connectivity index (χ0n) is 15.7. The Labute approximate surface area is 170 Å². The SMILES string of the molecule is N#Cc1cc(-c2nc(-c3ccc4c(c3)cc3n4CC[C@@H]3CC(=O)O)no2)ccc1F. The molecule has 148 valence electrons. The third-order valence-electron chi connectivity index (χ3n) is 5.49. The minimum absolute atomic E-state index is 0.0166. The fraction of sp³-hybridized carbons (Fsp3) is 0.182. The van der Waals surface area contributed by atoms with E-state index in [1.54, 1.807) is 6.07 Å². The molecule has 0 radical (unpaired) electrons. The maximum Gasteiger partial charge on any atom is 0.304 e. The van der Waals surface area contributed by atoms with Gasteiger partial charge in [-0.3, -0.25) is 4.79 Å². The maximum absolute atomic E-state index is 13.5. The van der Waals surface area contributed by atoms with Crippen LogP contribution in [0.1, 0.15) is 30.0 Å². The number of carbonyl (C=O) groups is 1. The predicted octanol–water partition coefficient (Wildman–Crippen LogP) is 4.33. The summed E-state index contributed by atoms with van der Waals surface area (Å²) in [6, 6.07) is 13.7. The van der Waals surface area contributed by atoms with Crippen LogP contribution in [0, 0.1) is 17.1 Å². The Morgan fingerprint density at radius 1 is 1.27 bits per heavy atom. The van der Waals surface area contributed by atoms with Crippen molar-refractivity contribution in [2.45, 2.75) is 25.3 Å². The molecule has 5 rings (SSSR count). The number of aromatic nitrogens is 3. The van der Waals surface area contributed by atoms with E-state index in [9.17, 15) is 9.18 Å². The highest BCUT2D eigenvalue weighted by molar-refractivity contribution is 5.86. The van der Waals surface area contributed by atoms with Crippen molar-refractivity contribution < 1.29 is 18.8 Å². The van der Waals surface area contributed by atoms with Crippen molar-refractivity contribution in [3.63, 3.8) is 0 Å². The van der Waals surface area contributed by atoms with Crippen LogP contribution in [0.25, 0.3) is 33.7 Å². The van der Waals surface area contributed by atoms with Crippen molar-refractivity contribution in [2.24, 2.45) is 0 Å². The van der Waals surface area contributed by atoms with E-state index in [0.717, 1.165) is 35.1 Å². The molecule has 1 atom stereocenters. The summed E-state index contributed by atoms with van der Waals surface area (Å²) in [6.07, 6.45) is 0.954. The monoisotopic (exact) mass is 402 g/mol. The molecule has 0 saturated carbocycles. The molecule has 0 unspecified atom stereocenters. The summed E-state index contributed by atoms with van der Waals surface area (Å²) in [7, 11) is 0. The Balaban J connectivity index is 1.49. The molecule has 30 heavy (non-hydrogen) atoms. The number of carboxylic acid groups (broad SMARTS) is 1. The van der Waals surface area contributed by atoms with Gasteiger partial charge in [0.25, 0.3) is 5.89 Å². The van der Waals surface area contributed by atoms with Crippen LogP contribution in [0.15, 0.2) is 47.0 Å². The van der Waals surface area contributed by atoms with Gasteiger partial charge in [0.1, 0.15) is 11.9 Å². The third kappa shape index (κ3) is 2.92. The smallest absolute Gasteiger partial charge is 0.304 e. The summed E-state index contributed by atoms with van der Waals surface area (Å²) in [6.45, 7) is 0.800. The van der Waals surface area contributed by atoms with E-state index in [1.165, 1.54) is 18.2 Å². The standard InChI is InChI=1S/C22H15FN4O3/c23-17-3-1-14(8-16(17)11-24)22-25-21(26-30-22)13-2-4-18-15(7-13)9-19-12(10-20(28)29)5-6-27(18)19/h1-4,7-9,12H,5-6,10H2,(H,28,29)/t12-/m1/s1. The lowest BCUT2D eigenvalue weighted by Crippen LogP contribution is -2.02. The number of halogens is 1. The van der Waals surface area contributed by atoms with Crippen molar-refractivity contribution in [3.05, 3.63) is 59.5 Å². The Morgan fingerprint density at radius 3 is 2.90 bits per heavy atom. The largest absolute Gasteiger partial charge is 0.481 e. The first kappa shape index (κ1) is 18.1. The van der Waals surface area contributed by atoms with Gasteiger partial charge in [-0.2, -0.15) is 10.2 Å². The lowest BCUT2D eigenvalue weighted by atomic mass is 10.0. The number of aryl methyl sites for hydroxylation is 1. The Hall–Kier alpha value is -3.99. The number of nitriles is 1. The normalized spacial score (nSPS) is 15.3. The van der Waals surface area contributed by atoms with Crippen LogP contribution in [0.4, 0.5) is 4.39 Å². The molecular formula is C22H15FN4O3. The van der Waals surface area contributed by atoms with Gasteiger partial charge in [0.05, 0.1) is 12.0 Å². The van der Waals surface area contributed by atoms with Gasteiger partial charge in [-0.15, -0.1) is 0 Å². The number of hydrogen-bond acceptors (Lipinski definition) is 5. The number of fused-ring (bicyclic) bond motifs is 3. The number of carboxylic acids is 1. The van der Waals surface area contributed by atoms with Gasteiger partial charge < -0.3 is 14.2 Å². The van der Waals surface area contributed by atoms with Crippen LogP contribution >= 0.6 is 0 Å². The first-order chi connectivity index (χ1) is 14.5. The molecule has 1 aliphatic heterocycles. The van der Waals surface area contributed by atoms with E-state index < -0.39 is 11.8 Å². The van der Waals surface area contributed by atoms with Crippen molar-refractivity contribution in [1.29, 1.82) is 5.26 Å². The molecule has 8 heteroatoms. The Bertz CT molecular complexity index is 1350. The average Bonchev–Trinajstić information content (AvgIpc) is 3.44. The van der Waals surface area contributed by atoms with E-state index >= 15 is 0 Å². The number of nitrogens with zero attached hydrogens (tertiary/aromatic N) is 4. The van der Waals surface area contributed by atoms with Gasteiger partial charge in [-0.05, 0) is 48.9 Å². The molecule has 3 heterocycles. The minimum atomic E-state index is -0.793. The average molecular weight is 402 g/mol. The highest BCUT2D eigenvalue weighted by atomic mass is 19.1. The zero-order valence-corrected chi connectivity index (χ0v) is 15.7. The minimum Gasteiger partial charge on any atom is -0.481 e. The maximum atomic E-state index is 13.5. The second kappa shape index (κ2) is 6.81. The topological polar surface area (TPSA) is 105 Å². The lowest BCUT2D eigenvalue weighted by molar-refractivity contribution is -0.137. The fourth-order valence-corrected chi connectivity index (χ4v) is 4.07. The zero-order chi connectivity index (χ0) is 20.8. The van der Waals surface area contributed by atoms with Gasteiger partial charge >= 0.3 is 5.97 Å². The molecule has 2 aromatic carbocycles. The van der Waals surface area contributed by atoms with Crippen molar-refractivity contribution in [1.82, 2.24) is 14.7 Å². The summed E-state index contributed by atoms with van der Waals surface area (Å²) in [5.41, 5.74) is 3.20. The van der Waals surface area contributed by atoms with Gasteiger partial charge in [-0.25, -0.2) is 4.39 Å². The number of rotatable bonds is 4. The van der Waals surface area contributed by atoms with Crippen LogP contribution in [0.3, 0.4) is 0 Å². The highest BCUT2D eigenvalue weighted by Crippen LogP contribution is 2.37. The van der Waals surface area contributed by atoms with Gasteiger partial charge in [0, 0.05) is 40.2 Å². The summed E-state index contributed by atoms with van der Waals surface area (Å²) >= 11 is 0. The summed E-state index contributed by atoms with van der Waals surface area (Å²) in [4.78, 5) is 15.5. The van der Waals surface area contributed by atoms with Gasteiger partial charge in [0.15, 0.2) is 0 Å². The second-order valence-corrected chi connectivity index (χ2v) is 7.31. The summed E-state index contributed by atoms with van der Waals surface area (Å²) < 4.78 is 21.0. The van der Waals surface area contributed by atoms with Crippen LogP contribution < -0.4 is 0 Å². The predicted molar refractivity (Wildman–Crippen MR) is 105 cm³/mol. The van der Waals surface area contributed by atoms with E-state index in [4.69, 9.17) is 14.9 Å². The molecule has 0 fully saturated rings. The molecule has 2 aromatic heterocycles. The molecule has 0 saturated heterocycles. The van der Waals surface area contributed by atoms with Crippen LogP contribution in [0.5, 0.6) is 0 Å². The van der Waals surface area contributed by atoms with Crippen LogP contribution in [-0.4, -0.2) is 25.8 Å². The van der Waals surface area contributed by atoms with Crippen LogP contribution in [-0.2, 0) is 11.3 Å². The second-order valence-electron chi connectivity index (χ2n) is 7.31. The Kier molecular flexibility index (Phi) is 4.10. The first-order valence-corrected chi connectivity index (χ1v) is 9.42. The van der Waals surface area contributed by atoms with E-state index in [-0.39, 0.29) is 23.8 Å². The van der Waals surface area contributed by atoms with Crippen molar-refractivity contribution in [3.8, 4) is 28.9 Å². The fourth-order valence-electron chi connectivity index (χ4n) is 4.07. The lowest BCUT2D eigenvalue weighted by Gasteiger charge is -2.04.